The van der Waals surface area contributed by atoms with E-state index in [1.807, 2.05) is 6.92 Å². The van der Waals surface area contributed by atoms with Gasteiger partial charge in [-0.3, -0.25) is 14.2 Å². The second-order valence-electron chi connectivity index (χ2n) is 9.43. The van der Waals surface area contributed by atoms with Crippen molar-refractivity contribution in [2.24, 2.45) is 5.92 Å². The van der Waals surface area contributed by atoms with Crippen LogP contribution >= 0.6 is 0 Å². The van der Waals surface area contributed by atoms with Crippen LogP contribution in [0.5, 0.6) is 0 Å². The van der Waals surface area contributed by atoms with Crippen molar-refractivity contribution in [1.82, 2.24) is 19.5 Å². The first-order valence-corrected chi connectivity index (χ1v) is 13.0. The number of carbonyl (C=O) groups excluding carboxylic acids is 2. The molecule has 0 bridgehead atoms. The summed E-state index contributed by atoms with van der Waals surface area (Å²) in [7, 11) is 0. The number of unbranched alkanes of at least 4 members (excludes halogenated alkanes) is 5. The largest absolute Gasteiger partial charge is 0.454 e. The van der Waals surface area contributed by atoms with Gasteiger partial charge in [0.25, 0.3) is 0 Å². The Balaban J connectivity index is 1.79. The lowest BCUT2D eigenvalue weighted by atomic mass is 10.0. The van der Waals surface area contributed by atoms with Gasteiger partial charge in [0.1, 0.15) is 6.23 Å². The fraction of sp³-hybridized carbons (Fsp3) is 0.654. The Kier molecular flexibility index (Phi) is 9.80. The number of hydrogen-bond acceptors (Lipinski definition) is 9. The molecule has 0 aliphatic carbocycles. The fourth-order valence-corrected chi connectivity index (χ4v) is 4.35. The highest BCUT2D eigenvalue weighted by Crippen LogP contribution is 2.41. The Hall–Kier alpha value is -3.26. The number of ether oxygens (including phenoxy) is 3. The number of terminal acetylenes is 1. The van der Waals surface area contributed by atoms with Crippen molar-refractivity contribution in [1.29, 1.82) is 0 Å². The first kappa shape index (κ1) is 28.3. The van der Waals surface area contributed by atoms with Crippen molar-refractivity contribution in [3.8, 4) is 12.3 Å². The summed E-state index contributed by atoms with van der Waals surface area (Å²) in [6.07, 6.45) is 12.1. The number of rotatable bonds is 13. The summed E-state index contributed by atoms with van der Waals surface area (Å²) in [6, 6.07) is 0. The van der Waals surface area contributed by atoms with E-state index in [1.54, 1.807) is 6.92 Å². The van der Waals surface area contributed by atoms with Gasteiger partial charge in [-0.25, -0.2) is 4.98 Å². The monoisotopic (exact) mass is 517 g/mol. The van der Waals surface area contributed by atoms with E-state index in [2.05, 4.69) is 27.8 Å². The number of nitrogens with two attached hydrogens (primary N) is 1. The molecule has 0 amide bonds. The van der Waals surface area contributed by atoms with E-state index in [0.717, 1.165) is 19.3 Å². The summed E-state index contributed by atoms with van der Waals surface area (Å²) in [6.45, 7) is 5.78. The molecule has 0 spiro atoms. The van der Waals surface area contributed by atoms with Crippen LogP contribution in [0.1, 0.15) is 91.2 Å². The minimum atomic E-state index is -1.96. The van der Waals surface area contributed by atoms with Crippen molar-refractivity contribution < 1.29 is 28.2 Å². The van der Waals surface area contributed by atoms with Gasteiger partial charge < -0.3 is 19.9 Å². The highest BCUT2D eigenvalue weighted by molar-refractivity contribution is 5.81. The van der Waals surface area contributed by atoms with Gasteiger partial charge in [0.15, 0.2) is 23.1 Å². The fourth-order valence-electron chi connectivity index (χ4n) is 4.35. The lowest BCUT2D eigenvalue weighted by Crippen LogP contribution is -2.46. The van der Waals surface area contributed by atoms with Crippen LogP contribution in [0.4, 0.5) is 10.2 Å². The van der Waals surface area contributed by atoms with E-state index in [4.69, 9.17) is 26.4 Å². The number of aromatic nitrogens is 4. The van der Waals surface area contributed by atoms with Crippen molar-refractivity contribution in [2.75, 3.05) is 5.73 Å². The number of esters is 2. The zero-order valence-electron chi connectivity index (χ0n) is 21.7. The van der Waals surface area contributed by atoms with Crippen molar-refractivity contribution in [3.05, 3.63) is 12.4 Å². The number of fused-ring (bicyclic) bond motifs is 1. The second-order valence-corrected chi connectivity index (χ2v) is 9.43. The molecule has 0 saturated carbocycles. The molecule has 0 radical (unpaired) electrons. The molecular weight excluding hydrogens is 481 g/mol. The van der Waals surface area contributed by atoms with Crippen LogP contribution in [-0.4, -0.2) is 43.3 Å². The Morgan fingerprint density at radius 3 is 2.70 bits per heavy atom. The van der Waals surface area contributed by atoms with Crippen LogP contribution in [0.3, 0.4) is 0 Å². The second kappa shape index (κ2) is 12.8. The van der Waals surface area contributed by atoms with Crippen LogP contribution < -0.4 is 5.73 Å². The van der Waals surface area contributed by atoms with Crippen LogP contribution in [0.2, 0.25) is 0 Å². The zero-order chi connectivity index (χ0) is 27.0. The predicted octanol–water partition coefficient (Wildman–Crippen LogP) is 4.44. The van der Waals surface area contributed by atoms with Gasteiger partial charge in [-0.05, 0) is 18.8 Å². The third-order valence-corrected chi connectivity index (χ3v) is 6.46. The Labute approximate surface area is 216 Å². The van der Waals surface area contributed by atoms with Gasteiger partial charge >= 0.3 is 23.8 Å². The Bertz CT molecular complexity index is 1130. The predicted molar refractivity (Wildman–Crippen MR) is 134 cm³/mol. The SMILES string of the molecule is C#C[C@]1(OC(=O)C(C)CCCCCCCC)O[C@@H](n2cnc3c(N)nc(F)nc32)C[C@@H]1OC(=O)CCC. The standard InChI is InChI=1S/C26H36FN5O5/c1-5-8-9-10-11-12-14-17(4)24(34)37-26(7-3)18(35-20(33)13-6-2)15-19(36-26)32-16-29-21-22(28)30-25(27)31-23(21)32/h3,16-19H,5-6,8-15H2,1-2,4H3,(H2,28,30,31)/t17?,18-,19+,26+/m0/s1. The van der Waals surface area contributed by atoms with Crippen LogP contribution in [0, 0.1) is 24.3 Å². The average Bonchev–Trinajstić information content (AvgIpc) is 3.43. The lowest BCUT2D eigenvalue weighted by molar-refractivity contribution is -0.234. The highest BCUT2D eigenvalue weighted by Gasteiger charge is 2.55. The number of hydrogen-bond donors (Lipinski definition) is 1. The summed E-state index contributed by atoms with van der Waals surface area (Å²) in [4.78, 5) is 36.8. The Morgan fingerprint density at radius 1 is 1.27 bits per heavy atom. The van der Waals surface area contributed by atoms with Crippen molar-refractivity contribution in [2.45, 2.75) is 103 Å². The molecule has 37 heavy (non-hydrogen) atoms. The number of carbonyl (C=O) groups is 2. The number of imidazole rings is 1. The summed E-state index contributed by atoms with van der Waals surface area (Å²) < 4.78 is 32.7. The summed E-state index contributed by atoms with van der Waals surface area (Å²) in [5.41, 5.74) is 6.02. The van der Waals surface area contributed by atoms with E-state index in [1.165, 1.54) is 30.2 Å². The molecule has 2 N–H and O–H groups in total. The highest BCUT2D eigenvalue weighted by atomic mass is 19.1. The van der Waals surface area contributed by atoms with Gasteiger partial charge in [0.05, 0.1) is 12.2 Å². The maximum Gasteiger partial charge on any atom is 0.317 e. The summed E-state index contributed by atoms with van der Waals surface area (Å²) in [5, 5.41) is 0. The topological polar surface area (TPSA) is 131 Å². The quantitative estimate of drug-likeness (QED) is 0.177. The molecule has 3 heterocycles. The van der Waals surface area contributed by atoms with Gasteiger partial charge in [-0.2, -0.15) is 14.4 Å². The van der Waals surface area contributed by atoms with Gasteiger partial charge in [0, 0.05) is 12.8 Å². The Morgan fingerprint density at radius 2 is 2.00 bits per heavy atom. The van der Waals surface area contributed by atoms with Crippen molar-refractivity contribution in [3.63, 3.8) is 0 Å². The number of nitrogen functional groups attached to an aromatic ring is 1. The van der Waals surface area contributed by atoms with Crippen molar-refractivity contribution >= 4 is 28.9 Å². The maximum absolute atomic E-state index is 13.9. The first-order chi connectivity index (χ1) is 17.7. The minimum absolute atomic E-state index is 0.0235. The number of nitrogens with zero attached hydrogens (tertiary/aromatic N) is 4. The normalized spacial score (nSPS) is 22.0. The molecule has 4 atom stereocenters. The molecular formula is C26H36FN5O5. The third-order valence-electron chi connectivity index (χ3n) is 6.46. The number of halogens is 1. The molecule has 1 aliphatic rings. The molecule has 10 nitrogen and oxygen atoms in total. The molecule has 11 heteroatoms. The molecule has 1 unspecified atom stereocenters. The van der Waals surface area contributed by atoms with Crippen LogP contribution in [0.25, 0.3) is 11.2 Å². The third kappa shape index (κ3) is 6.74. The molecule has 1 fully saturated rings. The summed E-state index contributed by atoms with van der Waals surface area (Å²) >= 11 is 0. The molecule has 1 aliphatic heterocycles. The zero-order valence-corrected chi connectivity index (χ0v) is 21.7. The van der Waals surface area contributed by atoms with Gasteiger partial charge in [-0.15, -0.1) is 6.42 Å². The van der Waals surface area contributed by atoms with E-state index < -0.39 is 42.1 Å². The molecule has 3 rings (SSSR count). The lowest BCUT2D eigenvalue weighted by Gasteiger charge is -2.29. The molecule has 202 valence electrons. The van der Waals surface area contributed by atoms with Crippen LogP contribution in [-0.2, 0) is 23.8 Å². The smallest absolute Gasteiger partial charge is 0.317 e. The van der Waals surface area contributed by atoms with E-state index in [9.17, 15) is 14.0 Å². The van der Waals surface area contributed by atoms with Gasteiger partial charge in [-0.1, -0.05) is 59.3 Å². The molecule has 2 aromatic rings. The van der Waals surface area contributed by atoms with E-state index in [-0.39, 0.29) is 29.8 Å². The maximum atomic E-state index is 13.9. The molecule has 2 aromatic heterocycles. The minimum Gasteiger partial charge on any atom is -0.454 e. The molecule has 1 saturated heterocycles. The van der Waals surface area contributed by atoms with E-state index in [0.29, 0.717) is 12.8 Å². The average molecular weight is 518 g/mol. The number of anilines is 1. The van der Waals surface area contributed by atoms with E-state index >= 15 is 0 Å². The van der Waals surface area contributed by atoms with Gasteiger partial charge in [0.2, 0.25) is 0 Å². The van der Waals surface area contributed by atoms with Crippen LogP contribution in [0.15, 0.2) is 6.33 Å². The first-order valence-electron chi connectivity index (χ1n) is 13.0. The summed E-state index contributed by atoms with van der Waals surface area (Å²) in [5.74, 6) is -1.17. The molecule has 0 aromatic carbocycles.